The molecule has 0 unspecified atom stereocenters. The first-order valence-electron chi connectivity index (χ1n) is 10.4. The van der Waals surface area contributed by atoms with Gasteiger partial charge >= 0.3 is 0 Å². The second-order valence-electron chi connectivity index (χ2n) is 7.83. The molecule has 178 valence electrons. The van der Waals surface area contributed by atoms with Crippen molar-refractivity contribution in [2.75, 3.05) is 45.7 Å². The van der Waals surface area contributed by atoms with Gasteiger partial charge in [0.05, 0.1) is 17.7 Å². The molecule has 11 heteroatoms. The fourth-order valence-corrected chi connectivity index (χ4v) is 3.72. The molecule has 0 saturated carbocycles. The maximum Gasteiger partial charge on any atom is 0.278 e. The number of hydrogen-bond acceptors (Lipinski definition) is 8. The van der Waals surface area contributed by atoms with Crippen LogP contribution in [-0.4, -0.2) is 77.3 Å². The number of carbonyl (C=O) groups is 2. The summed E-state index contributed by atoms with van der Waals surface area (Å²) in [7, 11) is 3.48. The number of nitrogens with one attached hydrogen (secondary N) is 1. The molecule has 34 heavy (non-hydrogen) atoms. The summed E-state index contributed by atoms with van der Waals surface area (Å²) >= 11 is 6.02. The molecule has 3 aromatic rings. The van der Waals surface area contributed by atoms with Crippen LogP contribution in [0, 0.1) is 0 Å². The number of piperazine rings is 1. The zero-order valence-electron chi connectivity index (χ0n) is 18.5. The van der Waals surface area contributed by atoms with E-state index < -0.39 is 11.8 Å². The lowest BCUT2D eigenvalue weighted by Crippen LogP contribution is -2.47. The number of phenols is 2. The van der Waals surface area contributed by atoms with Gasteiger partial charge in [-0.05, 0) is 37.4 Å². The van der Waals surface area contributed by atoms with E-state index in [1.54, 1.807) is 29.2 Å². The Labute approximate surface area is 200 Å². The Morgan fingerprint density at radius 3 is 2.41 bits per heavy atom. The second-order valence-corrected chi connectivity index (χ2v) is 8.24. The molecular weight excluding hydrogens is 464 g/mol. The normalized spacial score (nSPS) is 14.1. The molecule has 2 heterocycles. The van der Waals surface area contributed by atoms with Crippen LogP contribution in [-0.2, 0) is 0 Å². The van der Waals surface area contributed by atoms with Gasteiger partial charge in [0.2, 0.25) is 0 Å². The van der Waals surface area contributed by atoms with Crippen LogP contribution in [0.1, 0.15) is 20.8 Å². The molecule has 1 fully saturated rings. The fourth-order valence-electron chi connectivity index (χ4n) is 3.56. The number of anilines is 1. The number of ether oxygens (including phenoxy) is 1. The summed E-state index contributed by atoms with van der Waals surface area (Å²) in [6.07, 6.45) is 0. The number of nitrogens with zero attached hydrogens (tertiary/aromatic N) is 3. The van der Waals surface area contributed by atoms with Gasteiger partial charge in [-0.25, -0.2) is 0 Å². The molecular formula is C23H23ClN4O6. The van der Waals surface area contributed by atoms with E-state index in [0.717, 1.165) is 6.07 Å². The number of carbonyl (C=O) groups excluding carboxylic acids is 2. The number of hydrogen-bond donors (Lipinski definition) is 3. The van der Waals surface area contributed by atoms with Gasteiger partial charge in [0.15, 0.2) is 11.5 Å². The van der Waals surface area contributed by atoms with Crippen molar-refractivity contribution in [1.29, 1.82) is 0 Å². The minimum Gasteiger partial charge on any atom is -0.507 e. The lowest BCUT2D eigenvalue weighted by atomic mass is 10.1. The summed E-state index contributed by atoms with van der Waals surface area (Å²) in [6.45, 7) is 2.36. The van der Waals surface area contributed by atoms with E-state index in [2.05, 4.69) is 15.4 Å². The molecule has 4 rings (SSSR count). The predicted octanol–water partition coefficient (Wildman–Crippen LogP) is 3.05. The lowest BCUT2D eigenvalue weighted by molar-refractivity contribution is 0.0655. The van der Waals surface area contributed by atoms with Crippen molar-refractivity contribution < 1.29 is 29.1 Å². The van der Waals surface area contributed by atoms with Crippen molar-refractivity contribution in [3.05, 3.63) is 52.7 Å². The third-order valence-electron chi connectivity index (χ3n) is 5.59. The number of aromatic hydroxyl groups is 2. The minimum absolute atomic E-state index is 0.0122. The summed E-state index contributed by atoms with van der Waals surface area (Å²) in [5.41, 5.74) is 0.239. The van der Waals surface area contributed by atoms with Crippen LogP contribution in [0.3, 0.4) is 0 Å². The van der Waals surface area contributed by atoms with Crippen molar-refractivity contribution in [3.63, 3.8) is 0 Å². The van der Waals surface area contributed by atoms with E-state index in [1.807, 2.05) is 7.05 Å². The van der Waals surface area contributed by atoms with Crippen LogP contribution in [0.4, 0.5) is 5.69 Å². The Bertz CT molecular complexity index is 1220. The van der Waals surface area contributed by atoms with Gasteiger partial charge in [-0.2, -0.15) is 0 Å². The van der Waals surface area contributed by atoms with Crippen LogP contribution < -0.4 is 10.1 Å². The standard InChI is InChI=1S/C23H23ClN4O6/c1-27-7-9-28(10-8-27)23(32)20-19(25-22(31)13-3-5-14(33-2)6-4-13)21(34-26-20)15-11-16(24)18(30)12-17(15)29/h3-6,11-12,29-30H,7-10H2,1-2H3,(H,25,31). The SMILES string of the molecule is COc1ccc(C(=O)Nc2c(C(=O)N3CCN(C)CC3)noc2-c2cc(Cl)c(O)cc2O)cc1. The van der Waals surface area contributed by atoms with Crippen LogP contribution >= 0.6 is 11.6 Å². The zero-order valence-corrected chi connectivity index (χ0v) is 19.3. The predicted molar refractivity (Wildman–Crippen MR) is 125 cm³/mol. The van der Waals surface area contributed by atoms with E-state index in [9.17, 15) is 19.8 Å². The Balaban J connectivity index is 1.74. The largest absolute Gasteiger partial charge is 0.507 e. The van der Waals surface area contributed by atoms with Crippen molar-refractivity contribution in [3.8, 4) is 28.6 Å². The van der Waals surface area contributed by atoms with Gasteiger partial charge < -0.3 is 34.6 Å². The topological polar surface area (TPSA) is 128 Å². The van der Waals surface area contributed by atoms with Crippen molar-refractivity contribution in [2.24, 2.45) is 0 Å². The quantitative estimate of drug-likeness (QED) is 0.502. The third kappa shape index (κ3) is 4.63. The van der Waals surface area contributed by atoms with Gasteiger partial charge in [-0.3, -0.25) is 9.59 Å². The van der Waals surface area contributed by atoms with Gasteiger partial charge in [0.1, 0.15) is 22.9 Å². The highest BCUT2D eigenvalue weighted by Gasteiger charge is 2.31. The first-order chi connectivity index (χ1) is 16.3. The Kier molecular flexibility index (Phi) is 6.62. The summed E-state index contributed by atoms with van der Waals surface area (Å²) in [5, 5.41) is 26.7. The molecule has 0 bridgehead atoms. The number of amides is 2. The van der Waals surface area contributed by atoms with Crippen LogP contribution in [0.15, 0.2) is 40.9 Å². The van der Waals surface area contributed by atoms with E-state index in [4.69, 9.17) is 20.9 Å². The summed E-state index contributed by atoms with van der Waals surface area (Å²) in [6, 6.07) is 8.70. The molecule has 0 atom stereocenters. The van der Waals surface area contributed by atoms with E-state index in [1.165, 1.54) is 13.2 Å². The number of aromatic nitrogens is 1. The number of methoxy groups -OCH3 is 1. The summed E-state index contributed by atoms with van der Waals surface area (Å²) < 4.78 is 10.5. The summed E-state index contributed by atoms with van der Waals surface area (Å²) in [5.74, 6) is -1.13. The summed E-state index contributed by atoms with van der Waals surface area (Å²) in [4.78, 5) is 30.0. The number of phenolic OH excluding ortho intramolecular Hbond substituents is 2. The van der Waals surface area contributed by atoms with E-state index in [-0.39, 0.29) is 39.2 Å². The average Bonchev–Trinajstić information content (AvgIpc) is 3.24. The van der Waals surface area contributed by atoms with Crippen molar-refractivity contribution in [2.45, 2.75) is 0 Å². The van der Waals surface area contributed by atoms with Gasteiger partial charge in [0, 0.05) is 37.8 Å². The highest BCUT2D eigenvalue weighted by atomic mass is 35.5. The molecule has 1 aromatic heterocycles. The highest BCUT2D eigenvalue weighted by molar-refractivity contribution is 6.32. The molecule has 2 amide bonds. The highest BCUT2D eigenvalue weighted by Crippen LogP contribution is 2.41. The molecule has 2 aromatic carbocycles. The van der Waals surface area contributed by atoms with Gasteiger partial charge in [-0.15, -0.1) is 0 Å². The van der Waals surface area contributed by atoms with Gasteiger partial charge in [0.25, 0.3) is 11.8 Å². The maximum atomic E-state index is 13.3. The fraction of sp³-hybridized carbons (Fsp3) is 0.261. The number of rotatable bonds is 5. The molecule has 0 radical (unpaired) electrons. The van der Waals surface area contributed by atoms with Crippen molar-refractivity contribution in [1.82, 2.24) is 15.0 Å². The smallest absolute Gasteiger partial charge is 0.278 e. The Morgan fingerprint density at radius 1 is 1.09 bits per heavy atom. The second kappa shape index (κ2) is 9.62. The van der Waals surface area contributed by atoms with Crippen molar-refractivity contribution >= 4 is 29.1 Å². The minimum atomic E-state index is -0.524. The lowest BCUT2D eigenvalue weighted by Gasteiger charge is -2.32. The molecule has 1 aliphatic heterocycles. The number of likely N-dealkylation sites (N-methyl/N-ethyl adjacent to an activating group) is 1. The Morgan fingerprint density at radius 2 is 1.76 bits per heavy atom. The molecule has 0 aliphatic carbocycles. The third-order valence-corrected chi connectivity index (χ3v) is 5.89. The zero-order chi connectivity index (χ0) is 24.4. The maximum absolute atomic E-state index is 13.3. The Hall–Kier alpha value is -3.76. The van der Waals surface area contributed by atoms with E-state index >= 15 is 0 Å². The van der Waals surface area contributed by atoms with E-state index in [0.29, 0.717) is 37.5 Å². The van der Waals surface area contributed by atoms with Crippen LogP contribution in [0.2, 0.25) is 5.02 Å². The molecule has 3 N–H and O–H groups in total. The average molecular weight is 487 g/mol. The first kappa shape index (κ1) is 23.4. The molecule has 1 saturated heterocycles. The number of benzene rings is 2. The molecule has 1 aliphatic rings. The van der Waals surface area contributed by atoms with Crippen LogP contribution in [0.25, 0.3) is 11.3 Å². The molecule has 0 spiro atoms. The number of halogens is 1. The monoisotopic (exact) mass is 486 g/mol. The first-order valence-corrected chi connectivity index (χ1v) is 10.8. The molecule has 10 nitrogen and oxygen atoms in total. The van der Waals surface area contributed by atoms with Gasteiger partial charge in [-0.1, -0.05) is 16.8 Å². The van der Waals surface area contributed by atoms with Crippen LogP contribution in [0.5, 0.6) is 17.2 Å².